The topological polar surface area (TPSA) is 72.2 Å². The van der Waals surface area contributed by atoms with E-state index in [2.05, 4.69) is 9.88 Å². The van der Waals surface area contributed by atoms with E-state index in [4.69, 9.17) is 4.52 Å². The molecule has 6 heteroatoms. The third-order valence-electron chi connectivity index (χ3n) is 4.04. The zero-order valence-corrected chi connectivity index (χ0v) is 13.2. The maximum absolute atomic E-state index is 12.1. The molecule has 0 saturated heterocycles. The van der Waals surface area contributed by atoms with Gasteiger partial charge in [0.2, 0.25) is 10.0 Å². The van der Waals surface area contributed by atoms with Gasteiger partial charge in [-0.25, -0.2) is 13.1 Å². The molecule has 0 unspecified atom stereocenters. The summed E-state index contributed by atoms with van der Waals surface area (Å²) >= 11 is 0. The summed E-state index contributed by atoms with van der Waals surface area (Å²) in [7, 11) is -3.18. The smallest absolute Gasteiger partial charge is 0.214 e. The highest BCUT2D eigenvalue weighted by atomic mass is 32.2. The van der Waals surface area contributed by atoms with Crippen LogP contribution in [0.4, 0.5) is 0 Å². The highest BCUT2D eigenvalue weighted by Gasteiger charge is 2.28. The number of nitrogens with zero attached hydrogens (tertiary/aromatic N) is 1. The van der Waals surface area contributed by atoms with E-state index in [1.807, 2.05) is 36.4 Å². The van der Waals surface area contributed by atoms with E-state index in [9.17, 15) is 8.42 Å². The highest BCUT2D eigenvalue weighted by Crippen LogP contribution is 2.24. The monoisotopic (exact) mass is 320 g/mol. The van der Waals surface area contributed by atoms with Crippen LogP contribution in [0.3, 0.4) is 0 Å². The molecular formula is C16H20N2O3S. The van der Waals surface area contributed by atoms with Gasteiger partial charge in [-0.1, -0.05) is 48.3 Å². The summed E-state index contributed by atoms with van der Waals surface area (Å²) < 4.78 is 32.2. The molecule has 2 aromatic rings. The molecule has 0 atom stereocenters. The van der Waals surface area contributed by atoms with Crippen molar-refractivity contribution in [3.8, 4) is 11.3 Å². The standard InChI is InChI=1S/C16H20N2O3S/c19-22(20,15-8-4-5-9-15)17-11-10-14-12-16(21-18-14)13-6-2-1-3-7-13/h1-3,6-7,12,15,17H,4-5,8-11H2. The average molecular weight is 320 g/mol. The van der Waals surface area contributed by atoms with Crippen LogP contribution in [-0.4, -0.2) is 25.4 Å². The first-order valence-corrected chi connectivity index (χ1v) is 9.19. The lowest BCUT2D eigenvalue weighted by molar-refractivity contribution is 0.423. The zero-order valence-electron chi connectivity index (χ0n) is 12.4. The molecule has 22 heavy (non-hydrogen) atoms. The Hall–Kier alpha value is -1.66. The van der Waals surface area contributed by atoms with Crippen molar-refractivity contribution in [2.45, 2.75) is 37.4 Å². The maximum atomic E-state index is 12.1. The van der Waals surface area contributed by atoms with Gasteiger partial charge >= 0.3 is 0 Å². The van der Waals surface area contributed by atoms with Gasteiger partial charge in [0, 0.05) is 24.6 Å². The van der Waals surface area contributed by atoms with Gasteiger partial charge in [0.05, 0.1) is 10.9 Å². The number of benzene rings is 1. The number of hydrogen-bond donors (Lipinski definition) is 1. The molecule has 1 fully saturated rings. The Balaban J connectivity index is 1.55. The second kappa shape index (κ2) is 6.62. The number of aromatic nitrogens is 1. The Kier molecular flexibility index (Phi) is 4.59. The van der Waals surface area contributed by atoms with Gasteiger partial charge in [0.1, 0.15) is 0 Å². The van der Waals surface area contributed by atoms with Gasteiger partial charge in [-0.3, -0.25) is 0 Å². The first kappa shape index (κ1) is 15.2. The fraction of sp³-hybridized carbons (Fsp3) is 0.438. The lowest BCUT2D eigenvalue weighted by Crippen LogP contribution is -2.34. The van der Waals surface area contributed by atoms with Gasteiger partial charge in [0.25, 0.3) is 0 Å². The van der Waals surface area contributed by atoms with E-state index in [-0.39, 0.29) is 5.25 Å². The first-order valence-electron chi connectivity index (χ1n) is 7.65. The van der Waals surface area contributed by atoms with E-state index in [0.29, 0.717) is 18.7 Å². The predicted molar refractivity (Wildman–Crippen MR) is 84.8 cm³/mol. The molecule has 3 rings (SSSR count). The molecule has 0 spiro atoms. The summed E-state index contributed by atoms with van der Waals surface area (Å²) in [6, 6.07) is 11.6. The summed E-state index contributed by atoms with van der Waals surface area (Å²) in [4.78, 5) is 0. The van der Waals surface area contributed by atoms with Crippen LogP contribution in [0, 0.1) is 0 Å². The highest BCUT2D eigenvalue weighted by molar-refractivity contribution is 7.90. The second-order valence-corrected chi connectivity index (χ2v) is 7.69. The molecule has 1 heterocycles. The number of sulfonamides is 1. The van der Waals surface area contributed by atoms with E-state index in [1.165, 1.54) is 0 Å². The van der Waals surface area contributed by atoms with Gasteiger partial charge < -0.3 is 4.52 Å². The van der Waals surface area contributed by atoms with Crippen molar-refractivity contribution in [2.75, 3.05) is 6.54 Å². The minimum Gasteiger partial charge on any atom is -0.356 e. The van der Waals surface area contributed by atoms with Crippen LogP contribution in [0.1, 0.15) is 31.4 Å². The third kappa shape index (κ3) is 3.56. The van der Waals surface area contributed by atoms with Crippen molar-refractivity contribution in [3.63, 3.8) is 0 Å². The molecule has 0 bridgehead atoms. The molecule has 0 aliphatic heterocycles. The van der Waals surface area contributed by atoms with Crippen LogP contribution < -0.4 is 4.72 Å². The van der Waals surface area contributed by atoms with Gasteiger partial charge in [-0.2, -0.15) is 0 Å². The summed E-state index contributed by atoms with van der Waals surface area (Å²) in [5.41, 5.74) is 1.72. The summed E-state index contributed by atoms with van der Waals surface area (Å²) in [6.45, 7) is 0.361. The zero-order chi connectivity index (χ0) is 15.4. The Morgan fingerprint density at radius 1 is 1.18 bits per heavy atom. The lowest BCUT2D eigenvalue weighted by Gasteiger charge is -2.11. The van der Waals surface area contributed by atoms with E-state index in [1.54, 1.807) is 0 Å². The largest absolute Gasteiger partial charge is 0.356 e. The molecule has 118 valence electrons. The first-order chi connectivity index (χ1) is 10.6. The van der Waals surface area contributed by atoms with E-state index >= 15 is 0 Å². The maximum Gasteiger partial charge on any atom is 0.214 e. The second-order valence-electron chi connectivity index (χ2n) is 5.64. The van der Waals surface area contributed by atoms with Crippen LogP contribution >= 0.6 is 0 Å². The Labute approximate surface area is 130 Å². The molecular weight excluding hydrogens is 300 g/mol. The molecule has 0 amide bonds. The molecule has 1 aromatic carbocycles. The van der Waals surface area contributed by atoms with Gasteiger partial charge in [0.15, 0.2) is 5.76 Å². The molecule has 0 radical (unpaired) electrons. The molecule has 1 aliphatic rings. The normalized spacial score (nSPS) is 16.2. The van der Waals surface area contributed by atoms with Gasteiger partial charge in [-0.05, 0) is 12.8 Å². The number of nitrogens with one attached hydrogen (secondary N) is 1. The van der Waals surface area contributed by atoms with Crippen molar-refractivity contribution >= 4 is 10.0 Å². The van der Waals surface area contributed by atoms with Crippen molar-refractivity contribution in [1.82, 2.24) is 9.88 Å². The van der Waals surface area contributed by atoms with Crippen LogP contribution in [0.2, 0.25) is 0 Å². The van der Waals surface area contributed by atoms with Crippen molar-refractivity contribution in [3.05, 3.63) is 42.1 Å². The lowest BCUT2D eigenvalue weighted by atomic mass is 10.1. The molecule has 1 saturated carbocycles. The summed E-state index contributed by atoms with van der Waals surface area (Å²) in [5.74, 6) is 0.703. The number of rotatable bonds is 6. The SMILES string of the molecule is O=S(=O)(NCCc1cc(-c2ccccc2)on1)C1CCCC1. The van der Waals surface area contributed by atoms with Crippen LogP contribution in [0.25, 0.3) is 11.3 Å². The summed E-state index contributed by atoms with van der Waals surface area (Å²) in [6.07, 6.45) is 4.10. The van der Waals surface area contributed by atoms with Crippen LogP contribution in [0.5, 0.6) is 0 Å². The molecule has 1 aliphatic carbocycles. The van der Waals surface area contributed by atoms with Crippen LogP contribution in [0.15, 0.2) is 40.9 Å². The van der Waals surface area contributed by atoms with Crippen LogP contribution in [-0.2, 0) is 16.4 Å². The van der Waals surface area contributed by atoms with E-state index < -0.39 is 10.0 Å². The minimum atomic E-state index is -3.18. The van der Waals surface area contributed by atoms with E-state index in [0.717, 1.165) is 36.9 Å². The Morgan fingerprint density at radius 3 is 2.64 bits per heavy atom. The van der Waals surface area contributed by atoms with Gasteiger partial charge in [-0.15, -0.1) is 0 Å². The van der Waals surface area contributed by atoms with Crippen molar-refractivity contribution in [1.29, 1.82) is 0 Å². The molecule has 1 N–H and O–H groups in total. The molecule has 5 nitrogen and oxygen atoms in total. The Bertz CT molecular complexity index is 704. The fourth-order valence-electron chi connectivity index (χ4n) is 2.81. The van der Waals surface area contributed by atoms with Crippen molar-refractivity contribution in [2.24, 2.45) is 0 Å². The predicted octanol–water partition coefficient (Wildman–Crippen LogP) is 2.75. The third-order valence-corrected chi connectivity index (χ3v) is 6.00. The Morgan fingerprint density at radius 2 is 1.91 bits per heavy atom. The molecule has 1 aromatic heterocycles. The number of hydrogen-bond acceptors (Lipinski definition) is 4. The fourth-order valence-corrected chi connectivity index (χ4v) is 4.38. The summed E-state index contributed by atoms with van der Waals surface area (Å²) in [5, 5.41) is 3.78. The quantitative estimate of drug-likeness (QED) is 0.888. The average Bonchev–Trinajstić information content (AvgIpc) is 3.20. The minimum absolute atomic E-state index is 0.218. The van der Waals surface area contributed by atoms with Crippen molar-refractivity contribution < 1.29 is 12.9 Å².